The highest BCUT2D eigenvalue weighted by Crippen LogP contribution is 2.37. The predicted octanol–water partition coefficient (Wildman–Crippen LogP) is 4.77. The van der Waals surface area contributed by atoms with E-state index in [9.17, 15) is 4.79 Å². The van der Waals surface area contributed by atoms with Crippen LogP contribution in [0.25, 0.3) is 0 Å². The van der Waals surface area contributed by atoms with Crippen LogP contribution in [0.3, 0.4) is 0 Å². The Morgan fingerprint density at radius 2 is 1.86 bits per heavy atom. The van der Waals surface area contributed by atoms with Gasteiger partial charge in [0.15, 0.2) is 11.5 Å². The summed E-state index contributed by atoms with van der Waals surface area (Å²) in [5.41, 5.74) is 1.18. The molecule has 1 amide bonds. The summed E-state index contributed by atoms with van der Waals surface area (Å²) in [5, 5.41) is 0. The fraction of sp³-hybridized carbons (Fsp3) is 0.435. The molecule has 1 aliphatic carbocycles. The lowest BCUT2D eigenvalue weighted by atomic mass is 10.1. The van der Waals surface area contributed by atoms with E-state index >= 15 is 0 Å². The number of hydrogen-bond acceptors (Lipinski definition) is 4. The van der Waals surface area contributed by atoms with Crippen molar-refractivity contribution in [3.63, 3.8) is 0 Å². The Kier molecular flexibility index (Phi) is 6.10. The van der Waals surface area contributed by atoms with Crippen molar-refractivity contribution in [3.05, 3.63) is 54.1 Å². The average Bonchev–Trinajstić information content (AvgIpc) is 3.57. The van der Waals surface area contributed by atoms with Gasteiger partial charge in [-0.15, -0.1) is 11.8 Å². The van der Waals surface area contributed by atoms with Gasteiger partial charge in [0.25, 0.3) is 0 Å². The molecule has 28 heavy (non-hydrogen) atoms. The summed E-state index contributed by atoms with van der Waals surface area (Å²) < 4.78 is 11.5. The standard InChI is InChI=1S/C23H27NO3S/c1-17(19-8-9-19)24(15-18-6-3-2-4-7-18)23(25)16-28-20-10-11-21-22(14-20)27-13-5-12-26-21/h2-4,6-7,10-11,14,17,19H,5,8-9,12-13,15-16H2,1H3. The first-order valence-corrected chi connectivity index (χ1v) is 11.0. The Morgan fingerprint density at radius 1 is 1.11 bits per heavy atom. The molecule has 148 valence electrons. The monoisotopic (exact) mass is 397 g/mol. The van der Waals surface area contributed by atoms with Crippen molar-refractivity contribution in [2.75, 3.05) is 19.0 Å². The second-order valence-electron chi connectivity index (χ2n) is 7.53. The molecule has 1 saturated carbocycles. The SMILES string of the molecule is CC(C1CC1)N(Cc1ccccc1)C(=O)CSc1ccc2c(c1)OCCCO2. The predicted molar refractivity (Wildman–Crippen MR) is 112 cm³/mol. The molecular formula is C23H27NO3S. The molecule has 0 aromatic heterocycles. The first kappa shape index (κ1) is 19.2. The number of hydrogen-bond donors (Lipinski definition) is 0. The molecule has 1 fully saturated rings. The maximum absolute atomic E-state index is 13.1. The van der Waals surface area contributed by atoms with Crippen LogP contribution in [0, 0.1) is 5.92 Å². The molecule has 0 bridgehead atoms. The molecule has 2 aliphatic rings. The second kappa shape index (κ2) is 8.91. The topological polar surface area (TPSA) is 38.8 Å². The molecule has 1 unspecified atom stereocenters. The molecule has 0 radical (unpaired) electrons. The minimum absolute atomic E-state index is 0.195. The van der Waals surface area contributed by atoms with Crippen LogP contribution in [0.2, 0.25) is 0 Å². The maximum atomic E-state index is 13.1. The van der Waals surface area contributed by atoms with E-state index in [0.29, 0.717) is 31.4 Å². The average molecular weight is 398 g/mol. The Bertz CT molecular complexity index is 807. The quantitative estimate of drug-likeness (QED) is 0.631. The van der Waals surface area contributed by atoms with E-state index in [4.69, 9.17) is 9.47 Å². The first-order valence-electron chi connectivity index (χ1n) is 10.1. The normalized spacial score (nSPS) is 16.9. The van der Waals surface area contributed by atoms with Crippen LogP contribution in [0.5, 0.6) is 11.5 Å². The Hall–Kier alpha value is -2.14. The van der Waals surface area contributed by atoms with Gasteiger partial charge in [-0.05, 0) is 49.4 Å². The molecule has 5 heteroatoms. The van der Waals surface area contributed by atoms with Gasteiger partial charge in [0.2, 0.25) is 5.91 Å². The van der Waals surface area contributed by atoms with E-state index in [1.807, 2.05) is 36.4 Å². The number of thioether (sulfide) groups is 1. The van der Waals surface area contributed by atoms with E-state index in [1.54, 1.807) is 11.8 Å². The largest absolute Gasteiger partial charge is 0.490 e. The molecule has 0 saturated heterocycles. The number of benzene rings is 2. The van der Waals surface area contributed by atoms with Crippen LogP contribution >= 0.6 is 11.8 Å². The van der Waals surface area contributed by atoms with E-state index in [0.717, 1.165) is 22.8 Å². The van der Waals surface area contributed by atoms with Crippen LogP contribution in [-0.4, -0.2) is 35.8 Å². The van der Waals surface area contributed by atoms with Crippen molar-refractivity contribution in [3.8, 4) is 11.5 Å². The number of carbonyl (C=O) groups excluding carboxylic acids is 1. The lowest BCUT2D eigenvalue weighted by molar-refractivity contribution is -0.131. The molecule has 1 heterocycles. The number of amides is 1. The van der Waals surface area contributed by atoms with Crippen molar-refractivity contribution in [1.29, 1.82) is 0 Å². The van der Waals surface area contributed by atoms with E-state index in [-0.39, 0.29) is 11.9 Å². The summed E-state index contributed by atoms with van der Waals surface area (Å²) in [5.74, 6) is 2.85. The van der Waals surface area contributed by atoms with E-state index in [2.05, 4.69) is 24.0 Å². The lowest BCUT2D eigenvalue weighted by Crippen LogP contribution is -2.40. The molecule has 0 N–H and O–H groups in total. The summed E-state index contributed by atoms with van der Waals surface area (Å²) >= 11 is 1.57. The Labute approximate surface area is 171 Å². The van der Waals surface area contributed by atoms with Crippen molar-refractivity contribution < 1.29 is 14.3 Å². The van der Waals surface area contributed by atoms with Gasteiger partial charge in [-0.25, -0.2) is 0 Å². The summed E-state index contributed by atoms with van der Waals surface area (Å²) in [6.07, 6.45) is 3.35. The highest BCUT2D eigenvalue weighted by atomic mass is 32.2. The highest BCUT2D eigenvalue weighted by Gasteiger charge is 2.34. The molecule has 1 atom stereocenters. The van der Waals surface area contributed by atoms with Crippen LogP contribution in [0.1, 0.15) is 31.7 Å². The molecule has 4 rings (SSSR count). The van der Waals surface area contributed by atoms with Gasteiger partial charge in [0.05, 0.1) is 19.0 Å². The van der Waals surface area contributed by atoms with Gasteiger partial charge in [-0.1, -0.05) is 30.3 Å². The van der Waals surface area contributed by atoms with Crippen LogP contribution in [0.4, 0.5) is 0 Å². The summed E-state index contributed by atoms with van der Waals surface area (Å²) in [7, 11) is 0. The van der Waals surface area contributed by atoms with E-state index in [1.165, 1.54) is 18.4 Å². The summed E-state index contributed by atoms with van der Waals surface area (Å²) in [6, 6.07) is 16.5. The fourth-order valence-electron chi connectivity index (χ4n) is 3.53. The first-order chi connectivity index (χ1) is 13.7. The van der Waals surface area contributed by atoms with Crippen molar-refractivity contribution >= 4 is 17.7 Å². The minimum atomic E-state index is 0.195. The van der Waals surface area contributed by atoms with Gasteiger partial charge in [0, 0.05) is 23.9 Å². The van der Waals surface area contributed by atoms with Crippen LogP contribution < -0.4 is 9.47 Å². The number of ether oxygens (including phenoxy) is 2. The van der Waals surface area contributed by atoms with Gasteiger partial charge in [-0.2, -0.15) is 0 Å². The van der Waals surface area contributed by atoms with Gasteiger partial charge >= 0.3 is 0 Å². The molecule has 1 aliphatic heterocycles. The van der Waals surface area contributed by atoms with E-state index < -0.39 is 0 Å². The number of rotatable bonds is 7. The third kappa shape index (κ3) is 4.82. The third-order valence-electron chi connectivity index (χ3n) is 5.39. The van der Waals surface area contributed by atoms with Crippen LogP contribution in [-0.2, 0) is 11.3 Å². The molecule has 0 spiro atoms. The Morgan fingerprint density at radius 3 is 2.61 bits per heavy atom. The van der Waals surface area contributed by atoms with Gasteiger partial charge in [-0.3, -0.25) is 4.79 Å². The fourth-order valence-corrected chi connectivity index (χ4v) is 4.34. The summed E-state index contributed by atoms with van der Waals surface area (Å²) in [4.78, 5) is 16.2. The van der Waals surface area contributed by atoms with Crippen LogP contribution in [0.15, 0.2) is 53.4 Å². The number of fused-ring (bicyclic) bond motifs is 1. The zero-order chi connectivity index (χ0) is 19.3. The molecule has 2 aromatic carbocycles. The smallest absolute Gasteiger partial charge is 0.233 e. The lowest BCUT2D eigenvalue weighted by Gasteiger charge is -2.29. The second-order valence-corrected chi connectivity index (χ2v) is 8.58. The molecule has 2 aromatic rings. The van der Waals surface area contributed by atoms with Gasteiger partial charge in [0.1, 0.15) is 0 Å². The van der Waals surface area contributed by atoms with Crippen molar-refractivity contribution in [2.24, 2.45) is 5.92 Å². The van der Waals surface area contributed by atoms with Crippen molar-refractivity contribution in [1.82, 2.24) is 4.90 Å². The van der Waals surface area contributed by atoms with Crippen molar-refractivity contribution in [2.45, 2.75) is 43.7 Å². The maximum Gasteiger partial charge on any atom is 0.233 e. The third-order valence-corrected chi connectivity index (χ3v) is 6.37. The minimum Gasteiger partial charge on any atom is -0.490 e. The summed E-state index contributed by atoms with van der Waals surface area (Å²) in [6.45, 7) is 4.23. The zero-order valence-electron chi connectivity index (χ0n) is 16.3. The number of nitrogens with zero attached hydrogens (tertiary/aromatic N) is 1. The molecular weight excluding hydrogens is 370 g/mol. The van der Waals surface area contributed by atoms with Gasteiger partial charge < -0.3 is 14.4 Å². The zero-order valence-corrected chi connectivity index (χ0v) is 17.1. The molecule has 4 nitrogen and oxygen atoms in total. The highest BCUT2D eigenvalue weighted by molar-refractivity contribution is 8.00. The number of carbonyl (C=O) groups is 1. The Balaban J connectivity index is 1.41.